The van der Waals surface area contributed by atoms with Crippen molar-refractivity contribution in [3.8, 4) is 0 Å². The fourth-order valence-electron chi connectivity index (χ4n) is 1.88. The van der Waals surface area contributed by atoms with Crippen LogP contribution in [0.4, 0.5) is 0 Å². The van der Waals surface area contributed by atoms with Crippen LogP contribution in [0.25, 0.3) is 0 Å². The maximum atomic E-state index is 6.15. The quantitative estimate of drug-likeness (QED) is 0.715. The summed E-state index contributed by atoms with van der Waals surface area (Å²) in [5.41, 5.74) is 2.27. The Bertz CT molecular complexity index is 384. The van der Waals surface area contributed by atoms with E-state index in [1.165, 1.54) is 5.69 Å². The molecule has 6 heteroatoms. The predicted octanol–water partition coefficient (Wildman–Crippen LogP) is 2.43. The van der Waals surface area contributed by atoms with Gasteiger partial charge in [0.1, 0.15) is 0 Å². The third-order valence-electron chi connectivity index (χ3n) is 2.78. The normalized spacial score (nSPS) is 13.3. The molecule has 1 unspecified atom stereocenters. The molecule has 0 aliphatic heterocycles. The molecule has 0 N–H and O–H groups in total. The van der Waals surface area contributed by atoms with Crippen LogP contribution in [0.1, 0.15) is 18.3 Å². The maximum Gasteiger partial charge on any atom is 0.0767 e. The summed E-state index contributed by atoms with van der Waals surface area (Å²) in [6, 6.07) is 0. The second kappa shape index (κ2) is 7.48. The molecule has 104 valence electrons. The number of halogens is 2. The van der Waals surface area contributed by atoms with Gasteiger partial charge in [0.15, 0.2) is 0 Å². The van der Waals surface area contributed by atoms with Crippen molar-refractivity contribution in [2.45, 2.75) is 25.3 Å². The third-order valence-corrected chi connectivity index (χ3v) is 3.96. The Morgan fingerprint density at radius 3 is 2.72 bits per heavy atom. The van der Waals surface area contributed by atoms with Gasteiger partial charge < -0.3 is 4.74 Å². The lowest BCUT2D eigenvalue weighted by Gasteiger charge is -2.19. The minimum absolute atomic E-state index is 0.0117. The molecule has 1 atom stereocenters. The highest BCUT2D eigenvalue weighted by molar-refractivity contribution is 9.10. The SMILES string of the molecule is CCc1nn(C)c(CN(C)CC(Cl)COC)c1Br. The molecule has 0 spiro atoms. The van der Waals surface area contributed by atoms with Gasteiger partial charge >= 0.3 is 0 Å². The molecule has 0 aliphatic carbocycles. The van der Waals surface area contributed by atoms with E-state index >= 15 is 0 Å². The van der Waals surface area contributed by atoms with Crippen LogP contribution in [-0.4, -0.2) is 47.4 Å². The lowest BCUT2D eigenvalue weighted by atomic mass is 10.3. The van der Waals surface area contributed by atoms with Gasteiger partial charge in [0.25, 0.3) is 0 Å². The first-order valence-corrected chi connectivity index (χ1v) is 7.24. The van der Waals surface area contributed by atoms with Crippen molar-refractivity contribution in [1.82, 2.24) is 14.7 Å². The Balaban J connectivity index is 2.64. The molecule has 0 aromatic carbocycles. The van der Waals surface area contributed by atoms with Gasteiger partial charge in [0, 0.05) is 27.2 Å². The molecule has 4 nitrogen and oxygen atoms in total. The average molecular weight is 339 g/mol. The van der Waals surface area contributed by atoms with E-state index in [-0.39, 0.29) is 5.38 Å². The van der Waals surface area contributed by atoms with Gasteiger partial charge in [-0.05, 0) is 29.4 Å². The van der Waals surface area contributed by atoms with Crippen LogP contribution >= 0.6 is 27.5 Å². The number of methoxy groups -OCH3 is 1. The molecule has 1 aromatic rings. The predicted molar refractivity (Wildman–Crippen MR) is 78.1 cm³/mol. The van der Waals surface area contributed by atoms with Crippen molar-refractivity contribution < 1.29 is 4.74 Å². The van der Waals surface area contributed by atoms with Crippen LogP contribution in [0.3, 0.4) is 0 Å². The number of aryl methyl sites for hydroxylation is 2. The molecule has 0 radical (unpaired) electrons. The molecule has 0 aliphatic rings. The van der Waals surface area contributed by atoms with Crippen LogP contribution in [0, 0.1) is 0 Å². The second-order valence-corrected chi connectivity index (χ2v) is 5.84. The van der Waals surface area contributed by atoms with E-state index < -0.39 is 0 Å². The highest BCUT2D eigenvalue weighted by Gasteiger charge is 2.15. The molecule has 0 saturated carbocycles. The highest BCUT2D eigenvalue weighted by atomic mass is 79.9. The maximum absolute atomic E-state index is 6.15. The second-order valence-electron chi connectivity index (χ2n) is 4.43. The zero-order valence-electron chi connectivity index (χ0n) is 11.4. The van der Waals surface area contributed by atoms with Crippen LogP contribution < -0.4 is 0 Å². The first-order chi connectivity index (χ1) is 8.49. The number of hydrogen-bond donors (Lipinski definition) is 0. The van der Waals surface area contributed by atoms with Gasteiger partial charge in [-0.1, -0.05) is 6.92 Å². The molecule has 1 heterocycles. The standard InChI is InChI=1S/C12H21BrClN3O/c1-5-10-12(13)11(17(3)15-10)7-16(2)6-9(14)8-18-4/h9H,5-8H2,1-4H3. The van der Waals surface area contributed by atoms with E-state index in [2.05, 4.69) is 39.9 Å². The lowest BCUT2D eigenvalue weighted by Crippen LogP contribution is -2.29. The number of nitrogens with zero attached hydrogens (tertiary/aromatic N) is 3. The summed E-state index contributed by atoms with van der Waals surface area (Å²) in [5.74, 6) is 0. The van der Waals surface area contributed by atoms with Crippen molar-refractivity contribution in [1.29, 1.82) is 0 Å². The molecular weight excluding hydrogens is 318 g/mol. The fraction of sp³-hybridized carbons (Fsp3) is 0.750. The number of hydrogen-bond acceptors (Lipinski definition) is 3. The van der Waals surface area contributed by atoms with Crippen molar-refractivity contribution in [3.63, 3.8) is 0 Å². The number of aromatic nitrogens is 2. The van der Waals surface area contributed by atoms with E-state index in [0.717, 1.165) is 29.7 Å². The summed E-state index contributed by atoms with van der Waals surface area (Å²) >= 11 is 9.77. The van der Waals surface area contributed by atoms with Gasteiger partial charge in [0.05, 0.1) is 27.8 Å². The third kappa shape index (κ3) is 4.23. The molecule has 0 saturated heterocycles. The first-order valence-electron chi connectivity index (χ1n) is 6.01. The summed E-state index contributed by atoms with van der Waals surface area (Å²) in [6.45, 7) is 4.28. The Morgan fingerprint density at radius 1 is 1.56 bits per heavy atom. The van der Waals surface area contributed by atoms with E-state index in [1.807, 2.05) is 11.7 Å². The summed E-state index contributed by atoms with van der Waals surface area (Å²) < 4.78 is 8.08. The molecule has 1 rings (SSSR count). The summed E-state index contributed by atoms with van der Waals surface area (Å²) in [7, 11) is 5.69. The monoisotopic (exact) mass is 337 g/mol. The minimum Gasteiger partial charge on any atom is -0.383 e. The Labute approximate surface area is 122 Å². The van der Waals surface area contributed by atoms with E-state index in [1.54, 1.807) is 7.11 Å². The summed E-state index contributed by atoms with van der Waals surface area (Å²) in [5, 5.41) is 4.49. The van der Waals surface area contributed by atoms with E-state index in [9.17, 15) is 0 Å². The van der Waals surface area contributed by atoms with Crippen molar-refractivity contribution >= 4 is 27.5 Å². The van der Waals surface area contributed by atoms with Crippen LogP contribution in [-0.2, 0) is 24.8 Å². The molecule has 0 bridgehead atoms. The summed E-state index contributed by atoms with van der Waals surface area (Å²) in [4.78, 5) is 2.18. The van der Waals surface area contributed by atoms with Crippen molar-refractivity contribution in [2.24, 2.45) is 7.05 Å². The molecule has 1 aromatic heterocycles. The smallest absolute Gasteiger partial charge is 0.0767 e. The van der Waals surface area contributed by atoms with Crippen LogP contribution in [0.5, 0.6) is 0 Å². The van der Waals surface area contributed by atoms with E-state index in [4.69, 9.17) is 16.3 Å². The van der Waals surface area contributed by atoms with Gasteiger partial charge in [0.2, 0.25) is 0 Å². The van der Waals surface area contributed by atoms with E-state index in [0.29, 0.717) is 6.61 Å². The molecule has 18 heavy (non-hydrogen) atoms. The zero-order chi connectivity index (χ0) is 13.7. The Hall–Kier alpha value is -0.100. The first kappa shape index (κ1) is 16.0. The van der Waals surface area contributed by atoms with Gasteiger partial charge in [-0.2, -0.15) is 5.10 Å². The largest absolute Gasteiger partial charge is 0.383 e. The molecule has 0 fully saturated rings. The number of alkyl halides is 1. The van der Waals surface area contributed by atoms with Gasteiger partial charge in [-0.15, -0.1) is 11.6 Å². The van der Waals surface area contributed by atoms with Gasteiger partial charge in [-0.25, -0.2) is 0 Å². The zero-order valence-corrected chi connectivity index (χ0v) is 13.8. The number of ether oxygens (including phenoxy) is 1. The summed E-state index contributed by atoms with van der Waals surface area (Å²) in [6.07, 6.45) is 0.930. The Kier molecular flexibility index (Phi) is 6.63. The fourth-order valence-corrected chi connectivity index (χ4v) is 2.99. The highest BCUT2D eigenvalue weighted by Crippen LogP contribution is 2.22. The van der Waals surface area contributed by atoms with Crippen molar-refractivity contribution in [2.75, 3.05) is 27.3 Å². The van der Waals surface area contributed by atoms with Crippen LogP contribution in [0.2, 0.25) is 0 Å². The van der Waals surface area contributed by atoms with Gasteiger partial charge in [-0.3, -0.25) is 9.58 Å². The van der Waals surface area contributed by atoms with Crippen LogP contribution in [0.15, 0.2) is 4.47 Å². The topological polar surface area (TPSA) is 30.3 Å². The molecule has 0 amide bonds. The minimum atomic E-state index is 0.0117. The average Bonchev–Trinajstić information content (AvgIpc) is 2.56. The lowest BCUT2D eigenvalue weighted by molar-refractivity contribution is 0.180. The van der Waals surface area contributed by atoms with Crippen molar-refractivity contribution in [3.05, 3.63) is 15.9 Å². The Morgan fingerprint density at radius 2 is 2.22 bits per heavy atom. The number of rotatable bonds is 7. The molecular formula is C12H21BrClN3O.